The fourth-order valence-electron chi connectivity index (χ4n) is 2.10. The largest absolute Gasteiger partial charge is 0.507 e. The number of para-hydroxylation sites is 1. The molecule has 2 aromatic carbocycles. The van der Waals surface area contributed by atoms with E-state index in [4.69, 9.17) is 0 Å². The smallest absolute Gasteiger partial charge is 0.259 e. The van der Waals surface area contributed by atoms with Gasteiger partial charge in [0, 0.05) is 11.1 Å². The average molecular weight is 337 g/mol. The van der Waals surface area contributed by atoms with Crippen LogP contribution in [0.5, 0.6) is 5.75 Å². The van der Waals surface area contributed by atoms with E-state index in [1.807, 2.05) is 0 Å². The van der Waals surface area contributed by atoms with E-state index >= 15 is 0 Å². The van der Waals surface area contributed by atoms with Gasteiger partial charge in [-0.1, -0.05) is 36.4 Å². The molecule has 0 spiro atoms. The Bertz CT molecular complexity index is 786. The lowest BCUT2D eigenvalue weighted by Crippen LogP contribution is -2.34. The summed E-state index contributed by atoms with van der Waals surface area (Å²) >= 11 is 0. The van der Waals surface area contributed by atoms with Crippen LogP contribution in [0.4, 0.5) is 0 Å². The molecule has 0 unspecified atom stereocenters. The molecule has 2 amide bonds. The molecule has 25 heavy (non-hydrogen) atoms. The number of allylic oxidation sites excluding steroid dienone is 1. The Morgan fingerprint density at radius 3 is 2.60 bits per heavy atom. The van der Waals surface area contributed by atoms with Crippen LogP contribution in [-0.4, -0.2) is 29.7 Å². The minimum Gasteiger partial charge on any atom is -0.507 e. The van der Waals surface area contributed by atoms with Gasteiger partial charge in [-0.25, -0.2) is 5.43 Å². The Kier molecular flexibility index (Phi) is 6.47. The predicted molar refractivity (Wildman–Crippen MR) is 96.5 cm³/mol. The quantitative estimate of drug-likeness (QED) is 0.410. The van der Waals surface area contributed by atoms with Crippen molar-refractivity contribution >= 4 is 18.0 Å². The second kappa shape index (κ2) is 9.02. The molecule has 0 aliphatic carbocycles. The highest BCUT2D eigenvalue weighted by molar-refractivity contribution is 5.96. The maximum Gasteiger partial charge on any atom is 0.259 e. The number of carbonyl (C=O) groups excluding carboxylic acids is 2. The van der Waals surface area contributed by atoms with Gasteiger partial charge in [0.25, 0.3) is 11.8 Å². The third-order valence-corrected chi connectivity index (χ3v) is 3.35. The van der Waals surface area contributed by atoms with E-state index in [1.54, 1.807) is 54.6 Å². The number of benzene rings is 2. The number of rotatable bonds is 7. The number of amides is 2. The average Bonchev–Trinajstić information content (AvgIpc) is 2.63. The van der Waals surface area contributed by atoms with E-state index in [1.165, 1.54) is 6.21 Å². The normalized spacial score (nSPS) is 10.4. The number of hydrogen-bond donors (Lipinski definition) is 3. The number of nitrogens with one attached hydrogen (secondary N) is 2. The molecule has 0 saturated heterocycles. The molecule has 3 N–H and O–H groups in total. The van der Waals surface area contributed by atoms with Crippen molar-refractivity contribution in [1.29, 1.82) is 0 Å². The zero-order valence-electron chi connectivity index (χ0n) is 13.6. The van der Waals surface area contributed by atoms with Crippen molar-refractivity contribution in [1.82, 2.24) is 10.7 Å². The standard InChI is InChI=1S/C19H19N3O3/c1-2-7-14-10-6-11-16(18(14)24)12-21-22-17(23)13-20-19(25)15-8-4-3-5-9-15/h2-6,8-12,24H,1,7,13H2,(H,20,25)(H,22,23). The molecule has 0 saturated carbocycles. The minimum atomic E-state index is -0.470. The van der Waals surface area contributed by atoms with Crippen molar-refractivity contribution in [3.63, 3.8) is 0 Å². The maximum atomic E-state index is 11.8. The Labute approximate surface area is 145 Å². The number of nitrogens with zero attached hydrogens (tertiary/aromatic N) is 1. The lowest BCUT2D eigenvalue weighted by atomic mass is 10.1. The molecule has 128 valence electrons. The van der Waals surface area contributed by atoms with Gasteiger partial charge in [0.1, 0.15) is 5.75 Å². The Morgan fingerprint density at radius 1 is 1.12 bits per heavy atom. The van der Waals surface area contributed by atoms with E-state index in [0.29, 0.717) is 17.5 Å². The molecule has 0 atom stereocenters. The Balaban J connectivity index is 1.86. The summed E-state index contributed by atoms with van der Waals surface area (Å²) in [6.45, 7) is 3.43. The first-order chi connectivity index (χ1) is 12.1. The van der Waals surface area contributed by atoms with Crippen molar-refractivity contribution < 1.29 is 14.7 Å². The number of hydrazone groups is 1. The fourth-order valence-corrected chi connectivity index (χ4v) is 2.10. The van der Waals surface area contributed by atoms with Crippen LogP contribution < -0.4 is 10.7 Å². The zero-order chi connectivity index (χ0) is 18.1. The van der Waals surface area contributed by atoms with Crippen LogP contribution in [0.25, 0.3) is 0 Å². The van der Waals surface area contributed by atoms with Gasteiger partial charge in [0.05, 0.1) is 12.8 Å². The molecule has 0 aliphatic rings. The number of hydrogen-bond acceptors (Lipinski definition) is 4. The molecule has 2 rings (SSSR count). The highest BCUT2D eigenvalue weighted by atomic mass is 16.3. The van der Waals surface area contributed by atoms with Crippen LogP contribution in [0.3, 0.4) is 0 Å². The minimum absolute atomic E-state index is 0.0952. The van der Waals surface area contributed by atoms with Crippen LogP contribution in [0.2, 0.25) is 0 Å². The van der Waals surface area contributed by atoms with Gasteiger partial charge in [-0.2, -0.15) is 5.10 Å². The summed E-state index contributed by atoms with van der Waals surface area (Å²) in [7, 11) is 0. The summed E-state index contributed by atoms with van der Waals surface area (Å²) in [4.78, 5) is 23.5. The van der Waals surface area contributed by atoms with Gasteiger partial charge in [-0.3, -0.25) is 9.59 Å². The van der Waals surface area contributed by atoms with E-state index in [2.05, 4.69) is 22.4 Å². The molecular formula is C19H19N3O3. The Hall–Kier alpha value is -3.41. The topological polar surface area (TPSA) is 90.8 Å². The molecule has 0 bridgehead atoms. The van der Waals surface area contributed by atoms with Crippen LogP contribution in [0.15, 0.2) is 66.3 Å². The molecule has 2 aromatic rings. The molecule has 0 heterocycles. The zero-order valence-corrected chi connectivity index (χ0v) is 13.6. The van der Waals surface area contributed by atoms with Crippen LogP contribution in [-0.2, 0) is 11.2 Å². The van der Waals surface area contributed by atoms with Crippen molar-refractivity contribution in [3.8, 4) is 5.75 Å². The van der Waals surface area contributed by atoms with Gasteiger partial charge in [0.2, 0.25) is 0 Å². The van der Waals surface area contributed by atoms with Crippen LogP contribution in [0, 0.1) is 0 Å². The van der Waals surface area contributed by atoms with Gasteiger partial charge >= 0.3 is 0 Å². The second-order valence-corrected chi connectivity index (χ2v) is 5.19. The van der Waals surface area contributed by atoms with Crippen molar-refractivity contribution in [2.24, 2.45) is 5.10 Å². The monoisotopic (exact) mass is 337 g/mol. The van der Waals surface area contributed by atoms with E-state index in [9.17, 15) is 14.7 Å². The lowest BCUT2D eigenvalue weighted by Gasteiger charge is -2.05. The summed E-state index contributed by atoms with van der Waals surface area (Å²) in [5.41, 5.74) is 3.98. The molecule has 0 radical (unpaired) electrons. The molecule has 6 heteroatoms. The molecular weight excluding hydrogens is 318 g/mol. The summed E-state index contributed by atoms with van der Waals surface area (Å²) in [6, 6.07) is 13.8. The molecule has 6 nitrogen and oxygen atoms in total. The van der Waals surface area contributed by atoms with Gasteiger partial charge in [-0.05, 0) is 30.2 Å². The van der Waals surface area contributed by atoms with Crippen LogP contribution >= 0.6 is 0 Å². The first-order valence-electron chi connectivity index (χ1n) is 7.68. The first-order valence-corrected chi connectivity index (χ1v) is 7.68. The fraction of sp³-hybridized carbons (Fsp3) is 0.105. The van der Waals surface area contributed by atoms with E-state index in [0.717, 1.165) is 5.56 Å². The van der Waals surface area contributed by atoms with E-state index < -0.39 is 5.91 Å². The van der Waals surface area contributed by atoms with Crippen molar-refractivity contribution in [3.05, 3.63) is 77.9 Å². The van der Waals surface area contributed by atoms with Gasteiger partial charge in [0.15, 0.2) is 0 Å². The van der Waals surface area contributed by atoms with Crippen LogP contribution in [0.1, 0.15) is 21.5 Å². The highest BCUT2D eigenvalue weighted by Crippen LogP contribution is 2.21. The second-order valence-electron chi connectivity index (χ2n) is 5.19. The summed E-state index contributed by atoms with van der Waals surface area (Å²) < 4.78 is 0. The number of aromatic hydroxyl groups is 1. The molecule has 0 aliphatic heterocycles. The van der Waals surface area contributed by atoms with Crippen molar-refractivity contribution in [2.45, 2.75) is 6.42 Å². The Morgan fingerprint density at radius 2 is 1.88 bits per heavy atom. The third-order valence-electron chi connectivity index (χ3n) is 3.35. The lowest BCUT2D eigenvalue weighted by molar-refractivity contribution is -0.120. The molecule has 0 fully saturated rings. The molecule has 0 aromatic heterocycles. The predicted octanol–water partition coefficient (Wildman–Crippen LogP) is 2.00. The number of phenols is 1. The number of carbonyl (C=O) groups is 2. The first kappa shape index (κ1) is 17.9. The van der Waals surface area contributed by atoms with Gasteiger partial charge in [-0.15, -0.1) is 6.58 Å². The summed E-state index contributed by atoms with van der Waals surface area (Å²) in [5, 5.41) is 16.4. The number of phenolic OH excluding ortho intramolecular Hbond substituents is 1. The summed E-state index contributed by atoms with van der Waals surface area (Å²) in [6.07, 6.45) is 3.57. The maximum absolute atomic E-state index is 11.8. The SMILES string of the molecule is C=CCc1cccc(C=NNC(=O)CNC(=O)c2ccccc2)c1O. The summed E-state index contributed by atoms with van der Waals surface area (Å²) in [5.74, 6) is -0.713. The van der Waals surface area contributed by atoms with Crippen molar-refractivity contribution in [2.75, 3.05) is 6.54 Å². The van der Waals surface area contributed by atoms with Gasteiger partial charge < -0.3 is 10.4 Å². The van der Waals surface area contributed by atoms with E-state index in [-0.39, 0.29) is 18.2 Å². The third kappa shape index (κ3) is 5.31. The highest BCUT2D eigenvalue weighted by Gasteiger charge is 2.07.